The van der Waals surface area contributed by atoms with E-state index >= 15 is 0 Å². The van der Waals surface area contributed by atoms with Crippen molar-refractivity contribution in [3.8, 4) is 0 Å². The second-order valence-electron chi connectivity index (χ2n) is 5.19. The van der Waals surface area contributed by atoms with Crippen molar-refractivity contribution in [1.82, 2.24) is 10.2 Å². The Kier molecular flexibility index (Phi) is 4.19. The summed E-state index contributed by atoms with van der Waals surface area (Å²) in [4.78, 5) is 2.63. The van der Waals surface area contributed by atoms with Crippen molar-refractivity contribution in [3.05, 3.63) is 0 Å². The second-order valence-corrected chi connectivity index (χ2v) is 5.19. The van der Waals surface area contributed by atoms with Crippen molar-refractivity contribution in [1.29, 1.82) is 0 Å². The predicted octanol–water partition coefficient (Wildman–Crippen LogP) is 0.178. The molecule has 0 aromatic carbocycles. The lowest BCUT2D eigenvalue weighted by Crippen LogP contribution is -2.60. The molecule has 0 aromatic rings. The molecule has 94 valence electrons. The monoisotopic (exact) mass is 227 g/mol. The highest BCUT2D eigenvalue weighted by molar-refractivity contribution is 5.00. The fourth-order valence-corrected chi connectivity index (χ4v) is 3.17. The molecule has 16 heavy (non-hydrogen) atoms. The van der Waals surface area contributed by atoms with E-state index in [1.165, 1.54) is 38.8 Å². The van der Waals surface area contributed by atoms with Crippen LogP contribution in [-0.2, 0) is 4.74 Å². The molecule has 0 bridgehead atoms. The molecule has 0 aliphatic carbocycles. The van der Waals surface area contributed by atoms with E-state index in [-0.39, 0.29) is 5.54 Å². The first-order valence-electron chi connectivity index (χ1n) is 6.48. The highest BCUT2D eigenvalue weighted by Crippen LogP contribution is 2.32. The van der Waals surface area contributed by atoms with E-state index in [2.05, 4.69) is 10.2 Å². The van der Waals surface area contributed by atoms with E-state index in [1.54, 1.807) is 7.11 Å². The quantitative estimate of drug-likeness (QED) is 0.658. The first kappa shape index (κ1) is 12.3. The van der Waals surface area contributed by atoms with Crippen LogP contribution in [0.25, 0.3) is 0 Å². The molecule has 4 heteroatoms. The Morgan fingerprint density at radius 2 is 2.38 bits per heavy atom. The maximum absolute atomic E-state index is 5.98. The third-order valence-corrected chi connectivity index (χ3v) is 4.20. The van der Waals surface area contributed by atoms with Gasteiger partial charge in [-0.3, -0.25) is 0 Å². The third kappa shape index (κ3) is 2.56. The molecule has 2 saturated heterocycles. The second kappa shape index (κ2) is 5.45. The molecule has 2 unspecified atom stereocenters. The Morgan fingerprint density at radius 1 is 1.50 bits per heavy atom. The fourth-order valence-electron chi connectivity index (χ4n) is 3.17. The highest BCUT2D eigenvalue weighted by atomic mass is 16.5. The molecule has 2 rings (SSSR count). The average molecular weight is 227 g/mol. The molecule has 0 saturated carbocycles. The minimum absolute atomic E-state index is 0.171. The molecule has 0 spiro atoms. The van der Waals surface area contributed by atoms with Gasteiger partial charge in [-0.2, -0.15) is 0 Å². The summed E-state index contributed by atoms with van der Waals surface area (Å²) in [7, 11) is 1.75. The molecule has 2 aliphatic heterocycles. The minimum atomic E-state index is 0.171. The van der Waals surface area contributed by atoms with Crippen molar-refractivity contribution in [2.75, 3.05) is 39.9 Å². The lowest BCUT2D eigenvalue weighted by molar-refractivity contribution is 0.101. The zero-order valence-corrected chi connectivity index (χ0v) is 10.4. The number of hydrogen-bond acceptors (Lipinski definition) is 4. The van der Waals surface area contributed by atoms with Gasteiger partial charge >= 0.3 is 0 Å². The van der Waals surface area contributed by atoms with E-state index in [0.717, 1.165) is 25.7 Å². The first-order valence-corrected chi connectivity index (χ1v) is 6.48. The van der Waals surface area contributed by atoms with Gasteiger partial charge in [0.2, 0.25) is 0 Å². The van der Waals surface area contributed by atoms with E-state index in [0.29, 0.717) is 0 Å². The van der Waals surface area contributed by atoms with Gasteiger partial charge in [0.15, 0.2) is 0 Å². The number of ether oxygens (including phenoxy) is 1. The van der Waals surface area contributed by atoms with Crippen LogP contribution in [-0.4, -0.2) is 56.4 Å². The molecule has 4 nitrogen and oxygen atoms in total. The summed E-state index contributed by atoms with van der Waals surface area (Å²) in [5.74, 6) is 0. The average Bonchev–Trinajstić information content (AvgIpc) is 2.76. The summed E-state index contributed by atoms with van der Waals surface area (Å²) in [6, 6.07) is 0.771. The zero-order valence-electron chi connectivity index (χ0n) is 10.4. The number of nitrogens with zero attached hydrogens (tertiary/aromatic N) is 1. The van der Waals surface area contributed by atoms with Gasteiger partial charge < -0.3 is 20.7 Å². The van der Waals surface area contributed by atoms with Gasteiger partial charge in [-0.05, 0) is 32.2 Å². The number of methoxy groups -OCH3 is 1. The largest absolute Gasteiger partial charge is 0.383 e. The summed E-state index contributed by atoms with van der Waals surface area (Å²) in [6.07, 6.45) is 5.12. The Balaban J connectivity index is 1.88. The molecule has 2 heterocycles. The number of hydrogen-bond donors (Lipinski definition) is 2. The van der Waals surface area contributed by atoms with Crippen LogP contribution in [0, 0.1) is 0 Å². The minimum Gasteiger partial charge on any atom is -0.383 e. The van der Waals surface area contributed by atoms with Crippen molar-refractivity contribution in [2.24, 2.45) is 5.73 Å². The predicted molar refractivity (Wildman–Crippen MR) is 65.5 cm³/mol. The number of piperidine rings is 1. The molecule has 0 aromatic heterocycles. The molecule has 2 fully saturated rings. The summed E-state index contributed by atoms with van der Waals surface area (Å²) < 4.78 is 5.10. The topological polar surface area (TPSA) is 50.5 Å². The number of fused-ring (bicyclic) bond motifs is 1. The van der Waals surface area contributed by atoms with Crippen LogP contribution in [0.5, 0.6) is 0 Å². The van der Waals surface area contributed by atoms with Gasteiger partial charge in [-0.15, -0.1) is 0 Å². The first-order chi connectivity index (χ1) is 7.79. The number of rotatable bonds is 5. The summed E-state index contributed by atoms with van der Waals surface area (Å²) in [5.41, 5.74) is 6.15. The summed E-state index contributed by atoms with van der Waals surface area (Å²) in [6.45, 7) is 4.95. The van der Waals surface area contributed by atoms with Crippen molar-refractivity contribution < 1.29 is 4.74 Å². The molecular formula is C12H25N3O. The molecule has 2 aliphatic rings. The van der Waals surface area contributed by atoms with Gasteiger partial charge in [0.25, 0.3) is 0 Å². The normalized spacial score (nSPS) is 35.2. The third-order valence-electron chi connectivity index (χ3n) is 4.20. The summed E-state index contributed by atoms with van der Waals surface area (Å²) >= 11 is 0. The van der Waals surface area contributed by atoms with Crippen LogP contribution in [0.2, 0.25) is 0 Å². The van der Waals surface area contributed by atoms with Crippen molar-refractivity contribution in [2.45, 2.75) is 37.3 Å². The lowest BCUT2D eigenvalue weighted by Gasteiger charge is -2.44. The smallest absolute Gasteiger partial charge is 0.0587 e. The maximum Gasteiger partial charge on any atom is 0.0587 e. The van der Waals surface area contributed by atoms with Crippen molar-refractivity contribution in [3.63, 3.8) is 0 Å². The van der Waals surface area contributed by atoms with Crippen molar-refractivity contribution >= 4 is 0 Å². The molecule has 2 atom stereocenters. The number of nitrogens with two attached hydrogens (primary N) is 1. The van der Waals surface area contributed by atoms with Gasteiger partial charge in [-0.1, -0.05) is 0 Å². The van der Waals surface area contributed by atoms with Crippen LogP contribution >= 0.6 is 0 Å². The van der Waals surface area contributed by atoms with E-state index in [4.69, 9.17) is 10.5 Å². The Morgan fingerprint density at radius 3 is 3.12 bits per heavy atom. The van der Waals surface area contributed by atoms with Crippen LogP contribution in [0.3, 0.4) is 0 Å². The van der Waals surface area contributed by atoms with Gasteiger partial charge in [-0.25, -0.2) is 0 Å². The standard InChI is InChI=1S/C12H25N3O/c1-16-8-5-14-12(10-13)4-7-15-6-2-3-11(15)9-12/h11,14H,2-10,13H2,1H3. The van der Waals surface area contributed by atoms with Crippen LogP contribution in [0.1, 0.15) is 25.7 Å². The molecule has 0 amide bonds. The van der Waals surface area contributed by atoms with E-state index < -0.39 is 0 Å². The van der Waals surface area contributed by atoms with E-state index in [9.17, 15) is 0 Å². The maximum atomic E-state index is 5.98. The summed E-state index contributed by atoms with van der Waals surface area (Å²) in [5, 5.41) is 3.62. The fraction of sp³-hybridized carbons (Fsp3) is 1.00. The van der Waals surface area contributed by atoms with Crippen LogP contribution in [0.4, 0.5) is 0 Å². The van der Waals surface area contributed by atoms with Crippen LogP contribution in [0.15, 0.2) is 0 Å². The SMILES string of the molecule is COCCNC1(CN)CCN2CCCC2C1. The van der Waals surface area contributed by atoms with Gasteiger partial charge in [0.05, 0.1) is 6.61 Å². The van der Waals surface area contributed by atoms with Crippen LogP contribution < -0.4 is 11.1 Å². The zero-order chi connectivity index (χ0) is 11.4. The molecular weight excluding hydrogens is 202 g/mol. The Hall–Kier alpha value is -0.160. The van der Waals surface area contributed by atoms with Gasteiger partial charge in [0.1, 0.15) is 0 Å². The molecule has 0 radical (unpaired) electrons. The van der Waals surface area contributed by atoms with Gasteiger partial charge in [0, 0.05) is 38.3 Å². The lowest BCUT2D eigenvalue weighted by atomic mass is 9.83. The molecule has 3 N–H and O–H groups in total. The Bertz CT molecular complexity index is 224. The highest BCUT2D eigenvalue weighted by Gasteiger charge is 2.40. The van der Waals surface area contributed by atoms with E-state index in [1.807, 2.05) is 0 Å². The Labute approximate surface area is 98.5 Å². The number of nitrogens with one attached hydrogen (secondary N) is 1.